The van der Waals surface area contributed by atoms with Gasteiger partial charge in [0.2, 0.25) is 0 Å². The summed E-state index contributed by atoms with van der Waals surface area (Å²) in [4.78, 5) is 9.49. The summed E-state index contributed by atoms with van der Waals surface area (Å²) in [6.07, 6.45) is 8.59. The van der Waals surface area contributed by atoms with Crippen molar-refractivity contribution in [1.82, 2.24) is 0 Å². The predicted octanol–water partition coefficient (Wildman–Crippen LogP) is 0.900. The molecule has 0 N–H and O–H groups in total. The molecule has 1 heteroatoms. The molecule has 0 spiro atoms. The average molecular weight is 95.1 g/mol. The molecule has 0 aromatic heterocycles. The monoisotopic (exact) mass is 95.0 g/mol. The molecule has 0 aromatic carbocycles. The maximum absolute atomic E-state index is 9.49. The highest BCUT2D eigenvalue weighted by atomic mass is 16.1. The molecule has 0 aromatic rings. The summed E-state index contributed by atoms with van der Waals surface area (Å²) in [7, 11) is 0. The summed E-state index contributed by atoms with van der Waals surface area (Å²) in [5.74, 6) is 2.42. The van der Waals surface area contributed by atoms with Gasteiger partial charge in [-0.2, -0.15) is 0 Å². The van der Waals surface area contributed by atoms with E-state index in [1.54, 1.807) is 6.29 Å². The Balaban J connectivity index is 2.72. The van der Waals surface area contributed by atoms with E-state index in [-0.39, 0.29) is 0 Å². The number of terminal acetylenes is 1. The topological polar surface area (TPSA) is 17.1 Å². The van der Waals surface area contributed by atoms with Crippen LogP contribution in [-0.4, -0.2) is 6.29 Å². The number of rotatable bonds is 3. The Morgan fingerprint density at radius 1 is 1.43 bits per heavy atom. The van der Waals surface area contributed by atoms with Crippen LogP contribution >= 0.6 is 0 Å². The lowest BCUT2D eigenvalue weighted by atomic mass is 10.3. The quantitative estimate of drug-likeness (QED) is 0.376. The average Bonchev–Trinajstić information content (AvgIpc) is 1.69. The van der Waals surface area contributed by atoms with E-state index < -0.39 is 0 Å². The molecular weight excluding hydrogens is 88.1 g/mol. The third-order valence-corrected chi connectivity index (χ3v) is 0.600. The molecule has 0 atom stereocenters. The van der Waals surface area contributed by atoms with Crippen molar-refractivity contribution in [3.63, 3.8) is 0 Å². The van der Waals surface area contributed by atoms with E-state index in [1.165, 1.54) is 0 Å². The van der Waals surface area contributed by atoms with Gasteiger partial charge in [0.1, 0.15) is 0 Å². The summed E-state index contributed by atoms with van der Waals surface area (Å²) in [6, 6.07) is 0. The van der Waals surface area contributed by atoms with E-state index in [4.69, 9.17) is 6.42 Å². The Morgan fingerprint density at radius 3 is 2.57 bits per heavy atom. The van der Waals surface area contributed by atoms with Crippen LogP contribution in [0, 0.1) is 12.3 Å². The van der Waals surface area contributed by atoms with Crippen LogP contribution in [0.2, 0.25) is 0 Å². The van der Waals surface area contributed by atoms with Crippen LogP contribution in [0.1, 0.15) is 19.3 Å². The van der Waals surface area contributed by atoms with Crippen molar-refractivity contribution in [3.8, 4) is 12.3 Å². The summed E-state index contributed by atoms with van der Waals surface area (Å²) >= 11 is 0. The highest BCUT2D eigenvalue weighted by Gasteiger charge is 1.79. The highest BCUT2D eigenvalue weighted by Crippen LogP contribution is 1.87. The number of hydrogen-bond acceptors (Lipinski definition) is 1. The van der Waals surface area contributed by atoms with Gasteiger partial charge in [-0.3, -0.25) is 4.79 Å². The van der Waals surface area contributed by atoms with Crippen molar-refractivity contribution in [2.75, 3.05) is 0 Å². The van der Waals surface area contributed by atoms with Crippen LogP contribution in [0.15, 0.2) is 0 Å². The first-order chi connectivity index (χ1) is 3.41. The number of hydrogen-bond donors (Lipinski definition) is 0. The molecule has 0 fully saturated rings. The lowest BCUT2D eigenvalue weighted by molar-refractivity contribution is 0.549. The Hall–Kier alpha value is -0.770. The lowest BCUT2D eigenvalue weighted by Gasteiger charge is -1.78. The third kappa shape index (κ3) is 5.23. The number of unbranched alkanes of at least 4 members (excludes halogenated alkanes) is 2. The van der Waals surface area contributed by atoms with Crippen molar-refractivity contribution in [2.45, 2.75) is 19.3 Å². The van der Waals surface area contributed by atoms with E-state index in [2.05, 4.69) is 5.92 Å². The largest absolute Gasteiger partial charge is 0.291 e. The molecule has 0 bridgehead atoms. The first-order valence-corrected chi connectivity index (χ1v) is 2.20. The van der Waals surface area contributed by atoms with Gasteiger partial charge in [-0.25, -0.2) is 0 Å². The van der Waals surface area contributed by atoms with Gasteiger partial charge in [0, 0.05) is 12.8 Å². The highest BCUT2D eigenvalue weighted by molar-refractivity contribution is 5.50. The van der Waals surface area contributed by atoms with Gasteiger partial charge in [-0.1, -0.05) is 0 Å². The summed E-state index contributed by atoms with van der Waals surface area (Å²) in [5, 5.41) is 0. The van der Waals surface area contributed by atoms with Crippen LogP contribution in [0.5, 0.6) is 0 Å². The van der Waals surface area contributed by atoms with Crippen molar-refractivity contribution >= 4 is 6.29 Å². The minimum atomic E-state index is 0.476. The Bertz CT molecular complexity index is 78.7. The Morgan fingerprint density at radius 2 is 2.14 bits per heavy atom. The fraction of sp³-hybridized carbons (Fsp3) is 0.500. The van der Waals surface area contributed by atoms with E-state index in [0.717, 1.165) is 6.42 Å². The fourth-order valence-electron chi connectivity index (χ4n) is 0.263. The molecule has 0 aliphatic heterocycles. The zero-order chi connectivity index (χ0) is 5.54. The van der Waals surface area contributed by atoms with Crippen LogP contribution in [0.4, 0.5) is 0 Å². The molecule has 0 rings (SSSR count). The lowest BCUT2D eigenvalue weighted by Crippen LogP contribution is -1.72. The normalized spacial score (nSPS) is 7.29. The molecule has 0 aliphatic rings. The molecule has 0 aliphatic carbocycles. The molecule has 37 valence electrons. The van der Waals surface area contributed by atoms with Crippen LogP contribution in [0.25, 0.3) is 0 Å². The smallest absolute Gasteiger partial charge is 0.198 e. The van der Waals surface area contributed by atoms with Crippen LogP contribution < -0.4 is 0 Å². The van der Waals surface area contributed by atoms with Crippen molar-refractivity contribution < 1.29 is 4.79 Å². The van der Waals surface area contributed by atoms with E-state index >= 15 is 0 Å². The second-order valence-corrected chi connectivity index (χ2v) is 1.20. The maximum atomic E-state index is 9.49. The molecule has 1 radical (unpaired) electrons. The summed E-state index contributed by atoms with van der Waals surface area (Å²) in [5.41, 5.74) is 0. The molecule has 0 heterocycles. The zero-order valence-electron chi connectivity index (χ0n) is 4.11. The minimum absolute atomic E-state index is 0.476. The third-order valence-electron chi connectivity index (χ3n) is 0.600. The van der Waals surface area contributed by atoms with Gasteiger partial charge in [0.25, 0.3) is 0 Å². The van der Waals surface area contributed by atoms with Gasteiger partial charge in [-0.05, 0) is 6.42 Å². The zero-order valence-corrected chi connectivity index (χ0v) is 4.11. The molecule has 0 amide bonds. The Labute approximate surface area is 43.7 Å². The predicted molar refractivity (Wildman–Crippen MR) is 28.4 cm³/mol. The van der Waals surface area contributed by atoms with Gasteiger partial charge >= 0.3 is 0 Å². The maximum Gasteiger partial charge on any atom is 0.198 e. The first-order valence-electron chi connectivity index (χ1n) is 2.20. The van der Waals surface area contributed by atoms with E-state index in [1.807, 2.05) is 0 Å². The van der Waals surface area contributed by atoms with Crippen molar-refractivity contribution in [1.29, 1.82) is 0 Å². The molecule has 0 unspecified atom stereocenters. The second kappa shape index (κ2) is 5.23. The first kappa shape index (κ1) is 6.23. The standard InChI is InChI=1S/C6H7O/c1-2-3-4-5-6-7/h1H,3-5H2. The van der Waals surface area contributed by atoms with Gasteiger partial charge in [0.05, 0.1) is 0 Å². The molecular formula is C6H7O. The molecule has 0 saturated heterocycles. The van der Waals surface area contributed by atoms with Gasteiger partial charge in [-0.15, -0.1) is 12.3 Å². The molecule has 1 nitrogen and oxygen atoms in total. The second-order valence-electron chi connectivity index (χ2n) is 1.20. The number of carbonyl (C=O) groups excluding carboxylic acids is 1. The van der Waals surface area contributed by atoms with Gasteiger partial charge in [0.15, 0.2) is 6.29 Å². The summed E-state index contributed by atoms with van der Waals surface area (Å²) in [6.45, 7) is 0. The van der Waals surface area contributed by atoms with E-state index in [9.17, 15) is 4.79 Å². The van der Waals surface area contributed by atoms with E-state index in [0.29, 0.717) is 12.8 Å². The Kier molecular flexibility index (Phi) is 4.65. The van der Waals surface area contributed by atoms with Crippen LogP contribution in [-0.2, 0) is 4.79 Å². The van der Waals surface area contributed by atoms with Crippen molar-refractivity contribution in [2.24, 2.45) is 0 Å². The minimum Gasteiger partial charge on any atom is -0.291 e. The van der Waals surface area contributed by atoms with Gasteiger partial charge < -0.3 is 0 Å². The SMILES string of the molecule is C#CCCC[C]=O. The molecule has 0 saturated carbocycles. The van der Waals surface area contributed by atoms with Crippen molar-refractivity contribution in [3.05, 3.63) is 0 Å². The molecule has 7 heavy (non-hydrogen) atoms. The summed E-state index contributed by atoms with van der Waals surface area (Å²) < 4.78 is 0. The van der Waals surface area contributed by atoms with Crippen LogP contribution in [0.3, 0.4) is 0 Å². The fourth-order valence-corrected chi connectivity index (χ4v) is 0.263.